The van der Waals surface area contributed by atoms with Crippen LogP contribution >= 0.6 is 11.3 Å². The van der Waals surface area contributed by atoms with E-state index in [1.807, 2.05) is 24.3 Å². The zero-order chi connectivity index (χ0) is 13.9. The number of benzene rings is 2. The number of para-hydroxylation sites is 1. The van der Waals surface area contributed by atoms with Crippen molar-refractivity contribution in [2.24, 2.45) is 5.10 Å². The highest BCUT2D eigenvalue weighted by Gasteiger charge is 2.02. The first kappa shape index (κ1) is 12.7. The van der Waals surface area contributed by atoms with Gasteiger partial charge in [-0.05, 0) is 29.8 Å². The average Bonchev–Trinajstić information content (AvgIpc) is 2.85. The van der Waals surface area contributed by atoms with E-state index in [4.69, 9.17) is 0 Å². The second-order valence-electron chi connectivity index (χ2n) is 4.03. The lowest BCUT2D eigenvalue weighted by Gasteiger charge is -1.95. The summed E-state index contributed by atoms with van der Waals surface area (Å²) in [5.41, 5.74) is 4.14. The number of fused-ring (bicyclic) bond motifs is 1. The van der Waals surface area contributed by atoms with Crippen molar-refractivity contribution >= 4 is 32.9 Å². The van der Waals surface area contributed by atoms with Crippen LogP contribution in [0.15, 0.2) is 47.6 Å². The summed E-state index contributed by atoms with van der Waals surface area (Å²) in [6.45, 7) is 0. The number of thiazole rings is 1. The molecule has 0 amide bonds. The van der Waals surface area contributed by atoms with Crippen LogP contribution < -0.4 is 5.43 Å². The molecule has 0 saturated carbocycles. The number of nitrogens with zero attached hydrogens (tertiary/aromatic N) is 2. The molecule has 1 heterocycles. The Balaban J connectivity index is 1.75. The first-order valence-corrected chi connectivity index (χ1v) is 6.64. The third-order valence-corrected chi connectivity index (χ3v) is 3.55. The molecule has 0 aliphatic rings. The Hall–Kier alpha value is -2.34. The van der Waals surface area contributed by atoms with Gasteiger partial charge < -0.3 is 0 Å². The van der Waals surface area contributed by atoms with E-state index in [-0.39, 0.29) is 0 Å². The zero-order valence-electron chi connectivity index (χ0n) is 10.2. The minimum absolute atomic E-state index is 0.470. The molecule has 0 atom stereocenters. The largest absolute Gasteiger partial charge is 0.253 e. The number of hydrazone groups is 1. The van der Waals surface area contributed by atoms with Crippen molar-refractivity contribution in [3.8, 4) is 0 Å². The number of hydrogen-bond donors (Lipinski definition) is 1. The Morgan fingerprint density at radius 1 is 1.10 bits per heavy atom. The van der Waals surface area contributed by atoms with Crippen LogP contribution in [0.3, 0.4) is 0 Å². The van der Waals surface area contributed by atoms with Gasteiger partial charge in [-0.3, -0.25) is 5.43 Å². The Morgan fingerprint density at radius 2 is 1.95 bits per heavy atom. The molecular weight excluding hydrogens is 280 g/mol. The number of rotatable bonds is 3. The smallest absolute Gasteiger partial charge is 0.204 e. The number of aromatic nitrogens is 1. The Bertz CT molecular complexity index is 750. The maximum absolute atomic E-state index is 13.0. The van der Waals surface area contributed by atoms with Gasteiger partial charge in [-0.25, -0.2) is 13.8 Å². The Labute approximate surface area is 117 Å². The predicted molar refractivity (Wildman–Crippen MR) is 77.2 cm³/mol. The number of hydrogen-bond acceptors (Lipinski definition) is 4. The summed E-state index contributed by atoms with van der Waals surface area (Å²) in [4.78, 5) is 4.34. The normalized spacial score (nSPS) is 11.3. The van der Waals surface area contributed by atoms with Gasteiger partial charge in [0.25, 0.3) is 0 Å². The molecule has 6 heteroatoms. The first-order chi connectivity index (χ1) is 9.72. The van der Waals surface area contributed by atoms with E-state index in [2.05, 4.69) is 15.5 Å². The second-order valence-corrected chi connectivity index (χ2v) is 5.06. The zero-order valence-corrected chi connectivity index (χ0v) is 11.0. The van der Waals surface area contributed by atoms with Gasteiger partial charge in [0.2, 0.25) is 5.13 Å². The Morgan fingerprint density at radius 3 is 2.75 bits per heavy atom. The van der Waals surface area contributed by atoms with Gasteiger partial charge >= 0.3 is 0 Å². The first-order valence-electron chi connectivity index (χ1n) is 5.82. The van der Waals surface area contributed by atoms with Crippen LogP contribution in [0.25, 0.3) is 10.2 Å². The highest BCUT2D eigenvalue weighted by atomic mass is 32.1. The summed E-state index contributed by atoms with van der Waals surface area (Å²) < 4.78 is 26.8. The van der Waals surface area contributed by atoms with E-state index in [0.717, 1.165) is 22.3 Å². The van der Waals surface area contributed by atoms with E-state index in [1.165, 1.54) is 23.6 Å². The van der Waals surface area contributed by atoms with Crippen molar-refractivity contribution in [1.29, 1.82) is 0 Å². The third kappa shape index (κ3) is 2.65. The van der Waals surface area contributed by atoms with Crippen LogP contribution in [0.4, 0.5) is 13.9 Å². The fraction of sp³-hybridized carbons (Fsp3) is 0. The molecule has 20 heavy (non-hydrogen) atoms. The number of nitrogens with one attached hydrogen (secondary N) is 1. The lowest BCUT2D eigenvalue weighted by Crippen LogP contribution is -1.91. The van der Waals surface area contributed by atoms with Crippen molar-refractivity contribution in [3.05, 3.63) is 59.7 Å². The van der Waals surface area contributed by atoms with Crippen LogP contribution in [0.5, 0.6) is 0 Å². The lowest BCUT2D eigenvalue weighted by atomic mass is 10.2. The van der Waals surface area contributed by atoms with Gasteiger partial charge in [0, 0.05) is 0 Å². The molecule has 0 aliphatic heterocycles. The van der Waals surface area contributed by atoms with Crippen molar-refractivity contribution in [1.82, 2.24) is 4.98 Å². The minimum Gasteiger partial charge on any atom is -0.253 e. The van der Waals surface area contributed by atoms with E-state index in [1.54, 1.807) is 0 Å². The van der Waals surface area contributed by atoms with Gasteiger partial charge in [0.05, 0.1) is 16.4 Å². The maximum atomic E-state index is 13.0. The topological polar surface area (TPSA) is 37.3 Å². The van der Waals surface area contributed by atoms with Gasteiger partial charge in [-0.15, -0.1) is 0 Å². The highest BCUT2D eigenvalue weighted by Crippen LogP contribution is 2.25. The quantitative estimate of drug-likeness (QED) is 0.584. The van der Waals surface area contributed by atoms with Gasteiger partial charge in [-0.1, -0.05) is 29.5 Å². The standard InChI is InChI=1S/C14H9F2N3S/c15-10-6-5-9(7-11(10)16)8-17-19-14-18-12-3-1-2-4-13(12)20-14/h1-8H,(H,18,19)/b17-8-. The fourth-order valence-corrected chi connectivity index (χ4v) is 2.49. The molecule has 0 unspecified atom stereocenters. The Kier molecular flexibility index (Phi) is 3.39. The summed E-state index contributed by atoms with van der Waals surface area (Å²) in [5.74, 6) is -1.77. The maximum Gasteiger partial charge on any atom is 0.204 e. The average molecular weight is 289 g/mol. The van der Waals surface area contributed by atoms with Crippen LogP contribution in [0.2, 0.25) is 0 Å². The molecule has 0 fully saturated rings. The summed E-state index contributed by atoms with van der Waals surface area (Å²) in [7, 11) is 0. The van der Waals surface area contributed by atoms with Crippen molar-refractivity contribution in [2.75, 3.05) is 5.43 Å². The van der Waals surface area contributed by atoms with Crippen LogP contribution in [-0.4, -0.2) is 11.2 Å². The van der Waals surface area contributed by atoms with Gasteiger partial charge in [0.1, 0.15) is 0 Å². The summed E-state index contributed by atoms with van der Waals surface area (Å²) in [6.07, 6.45) is 1.41. The van der Waals surface area contributed by atoms with E-state index in [0.29, 0.717) is 10.7 Å². The third-order valence-electron chi connectivity index (χ3n) is 2.61. The SMILES string of the molecule is Fc1ccc(/C=N\Nc2nc3ccccc3s2)cc1F. The van der Waals surface area contributed by atoms with Crippen molar-refractivity contribution in [2.45, 2.75) is 0 Å². The summed E-state index contributed by atoms with van der Waals surface area (Å²) >= 11 is 1.47. The van der Waals surface area contributed by atoms with Crippen LogP contribution in [-0.2, 0) is 0 Å². The second kappa shape index (κ2) is 5.34. The number of halogens is 2. The van der Waals surface area contributed by atoms with Crippen molar-refractivity contribution in [3.63, 3.8) is 0 Å². The molecule has 3 nitrogen and oxygen atoms in total. The minimum atomic E-state index is -0.895. The molecule has 0 radical (unpaired) electrons. The summed E-state index contributed by atoms with van der Waals surface area (Å²) in [6, 6.07) is 11.3. The van der Waals surface area contributed by atoms with Gasteiger partial charge in [-0.2, -0.15) is 5.10 Å². The fourth-order valence-electron chi connectivity index (χ4n) is 1.67. The van der Waals surface area contributed by atoms with Crippen molar-refractivity contribution < 1.29 is 8.78 Å². The molecule has 0 bridgehead atoms. The molecule has 0 saturated heterocycles. The van der Waals surface area contributed by atoms with E-state index >= 15 is 0 Å². The molecule has 1 aromatic heterocycles. The molecule has 0 spiro atoms. The summed E-state index contributed by atoms with van der Waals surface area (Å²) in [5, 5.41) is 4.61. The molecule has 100 valence electrons. The predicted octanol–water partition coefficient (Wildman–Crippen LogP) is 4.02. The van der Waals surface area contributed by atoms with Crippen LogP contribution in [0, 0.1) is 11.6 Å². The monoisotopic (exact) mass is 289 g/mol. The molecule has 1 N–H and O–H groups in total. The molecule has 0 aliphatic carbocycles. The number of anilines is 1. The van der Waals surface area contributed by atoms with Crippen LogP contribution in [0.1, 0.15) is 5.56 Å². The van der Waals surface area contributed by atoms with E-state index in [9.17, 15) is 8.78 Å². The molecular formula is C14H9F2N3S. The highest BCUT2D eigenvalue weighted by molar-refractivity contribution is 7.22. The molecule has 2 aromatic carbocycles. The van der Waals surface area contributed by atoms with Gasteiger partial charge in [0.15, 0.2) is 11.6 Å². The molecule has 3 aromatic rings. The molecule has 3 rings (SSSR count). The lowest BCUT2D eigenvalue weighted by molar-refractivity contribution is 0.508. The van der Waals surface area contributed by atoms with E-state index < -0.39 is 11.6 Å².